The Morgan fingerprint density at radius 3 is 2.58 bits per heavy atom. The van der Waals surface area contributed by atoms with Crippen molar-refractivity contribution in [3.63, 3.8) is 0 Å². The summed E-state index contributed by atoms with van der Waals surface area (Å²) in [7, 11) is 0. The van der Waals surface area contributed by atoms with Gasteiger partial charge in [-0.2, -0.15) is 0 Å². The topological polar surface area (TPSA) is 80.4 Å². The predicted octanol–water partition coefficient (Wildman–Crippen LogP) is 0.995. The highest BCUT2D eigenvalue weighted by Crippen LogP contribution is 2.17. The Morgan fingerprint density at radius 2 is 1.95 bits per heavy atom. The van der Waals surface area contributed by atoms with Crippen LogP contribution in [0, 0.1) is 0 Å². The Hall–Kier alpha value is -1.63. The van der Waals surface area contributed by atoms with Crippen LogP contribution in [0.15, 0.2) is 24.3 Å². The SMILES string of the molecule is OCCn1nnc(CO)c1COc1ccc(Cl)cc1. The first-order valence-corrected chi connectivity index (χ1v) is 6.13. The maximum absolute atomic E-state index is 9.18. The number of rotatable bonds is 6. The second-order valence-corrected chi connectivity index (χ2v) is 4.27. The van der Waals surface area contributed by atoms with Gasteiger partial charge in [0.05, 0.1) is 19.8 Å². The molecule has 0 spiro atoms. The van der Waals surface area contributed by atoms with Gasteiger partial charge in [0.1, 0.15) is 23.7 Å². The van der Waals surface area contributed by atoms with Gasteiger partial charge < -0.3 is 14.9 Å². The second kappa shape index (κ2) is 6.51. The molecular formula is C12H14ClN3O3. The summed E-state index contributed by atoms with van der Waals surface area (Å²) in [6, 6.07) is 6.96. The van der Waals surface area contributed by atoms with Crippen molar-refractivity contribution in [2.45, 2.75) is 19.8 Å². The van der Waals surface area contributed by atoms with Gasteiger partial charge in [-0.25, -0.2) is 4.68 Å². The molecule has 7 heteroatoms. The Labute approximate surface area is 115 Å². The average Bonchev–Trinajstić information content (AvgIpc) is 2.81. The molecule has 0 unspecified atom stereocenters. The third kappa shape index (κ3) is 3.44. The lowest BCUT2D eigenvalue weighted by Crippen LogP contribution is -2.11. The fourth-order valence-electron chi connectivity index (χ4n) is 1.61. The molecule has 0 saturated heterocycles. The third-order valence-electron chi connectivity index (χ3n) is 2.57. The van der Waals surface area contributed by atoms with Gasteiger partial charge in [0.15, 0.2) is 0 Å². The quantitative estimate of drug-likeness (QED) is 0.826. The molecule has 0 amide bonds. The van der Waals surface area contributed by atoms with E-state index in [0.29, 0.717) is 28.7 Å². The molecule has 6 nitrogen and oxygen atoms in total. The number of hydrogen-bond acceptors (Lipinski definition) is 5. The number of aliphatic hydroxyl groups is 2. The van der Waals surface area contributed by atoms with Crippen LogP contribution in [0.2, 0.25) is 5.02 Å². The Morgan fingerprint density at radius 1 is 1.21 bits per heavy atom. The monoisotopic (exact) mass is 283 g/mol. The van der Waals surface area contributed by atoms with Crippen LogP contribution in [0.4, 0.5) is 0 Å². The van der Waals surface area contributed by atoms with Crippen molar-refractivity contribution in [3.8, 4) is 5.75 Å². The first-order chi connectivity index (χ1) is 9.24. The summed E-state index contributed by atoms with van der Waals surface area (Å²) in [4.78, 5) is 0. The minimum Gasteiger partial charge on any atom is -0.487 e. The van der Waals surface area contributed by atoms with E-state index < -0.39 is 0 Å². The van der Waals surface area contributed by atoms with Crippen molar-refractivity contribution in [2.24, 2.45) is 0 Å². The molecule has 2 rings (SSSR count). The second-order valence-electron chi connectivity index (χ2n) is 3.83. The lowest BCUT2D eigenvalue weighted by atomic mass is 10.3. The molecule has 1 heterocycles. The summed E-state index contributed by atoms with van der Waals surface area (Å²) in [5.41, 5.74) is 1.09. The van der Waals surface area contributed by atoms with Gasteiger partial charge in [0.2, 0.25) is 0 Å². The first-order valence-electron chi connectivity index (χ1n) is 5.76. The zero-order valence-corrected chi connectivity index (χ0v) is 10.9. The molecule has 0 radical (unpaired) electrons. The molecule has 0 aliphatic rings. The number of hydrogen-bond donors (Lipinski definition) is 2. The smallest absolute Gasteiger partial charge is 0.132 e. The molecule has 0 bridgehead atoms. The van der Waals surface area contributed by atoms with E-state index in [1.807, 2.05) is 0 Å². The number of benzene rings is 1. The zero-order chi connectivity index (χ0) is 13.7. The maximum atomic E-state index is 9.18. The number of aromatic nitrogens is 3. The van der Waals surface area contributed by atoms with Crippen molar-refractivity contribution in [3.05, 3.63) is 40.7 Å². The van der Waals surface area contributed by atoms with Crippen LogP contribution in [0.1, 0.15) is 11.4 Å². The van der Waals surface area contributed by atoms with E-state index in [4.69, 9.17) is 21.4 Å². The normalized spacial score (nSPS) is 10.7. The van der Waals surface area contributed by atoms with Gasteiger partial charge in [-0.15, -0.1) is 5.10 Å². The van der Waals surface area contributed by atoms with Crippen LogP contribution in [-0.4, -0.2) is 31.8 Å². The molecule has 2 aromatic rings. The summed E-state index contributed by atoms with van der Waals surface area (Å²) in [6.07, 6.45) is 0. The Bertz CT molecular complexity index is 528. The molecule has 0 atom stereocenters. The van der Waals surface area contributed by atoms with Gasteiger partial charge >= 0.3 is 0 Å². The fourth-order valence-corrected chi connectivity index (χ4v) is 1.73. The molecular weight excluding hydrogens is 270 g/mol. The minimum absolute atomic E-state index is 0.0534. The van der Waals surface area contributed by atoms with Crippen LogP contribution in [0.3, 0.4) is 0 Å². The zero-order valence-electron chi connectivity index (χ0n) is 10.2. The molecule has 0 fully saturated rings. The van der Waals surface area contributed by atoms with E-state index in [9.17, 15) is 5.11 Å². The van der Waals surface area contributed by atoms with Crippen LogP contribution >= 0.6 is 11.6 Å². The molecule has 19 heavy (non-hydrogen) atoms. The molecule has 2 N–H and O–H groups in total. The van der Waals surface area contributed by atoms with E-state index in [1.165, 1.54) is 4.68 Å². The molecule has 0 aliphatic carbocycles. The van der Waals surface area contributed by atoms with Crippen molar-refractivity contribution in [2.75, 3.05) is 6.61 Å². The highest BCUT2D eigenvalue weighted by Gasteiger charge is 2.12. The summed E-state index contributed by atoms with van der Waals surface area (Å²) < 4.78 is 7.10. The largest absolute Gasteiger partial charge is 0.487 e. The van der Waals surface area contributed by atoms with Gasteiger partial charge in [-0.05, 0) is 24.3 Å². The van der Waals surface area contributed by atoms with E-state index in [2.05, 4.69) is 10.3 Å². The van der Waals surface area contributed by atoms with Gasteiger partial charge in [-0.1, -0.05) is 16.8 Å². The number of nitrogens with zero attached hydrogens (tertiary/aromatic N) is 3. The summed E-state index contributed by atoms with van der Waals surface area (Å²) >= 11 is 5.79. The van der Waals surface area contributed by atoms with Crippen LogP contribution in [0.5, 0.6) is 5.75 Å². The molecule has 102 valence electrons. The Balaban J connectivity index is 2.09. The molecule has 0 saturated carbocycles. The summed E-state index contributed by atoms with van der Waals surface area (Å²) in [6.45, 7) is 0.254. The van der Waals surface area contributed by atoms with E-state index in [1.54, 1.807) is 24.3 Å². The fraction of sp³-hybridized carbons (Fsp3) is 0.333. The minimum atomic E-state index is -0.218. The lowest BCUT2D eigenvalue weighted by molar-refractivity contribution is 0.246. The number of ether oxygens (including phenoxy) is 1. The molecule has 1 aromatic carbocycles. The average molecular weight is 284 g/mol. The van der Waals surface area contributed by atoms with Gasteiger partial charge in [-0.3, -0.25) is 0 Å². The number of halogens is 1. The van der Waals surface area contributed by atoms with E-state index in [-0.39, 0.29) is 19.8 Å². The summed E-state index contributed by atoms with van der Waals surface area (Å²) in [5.74, 6) is 0.657. The first kappa shape index (κ1) is 13.8. The van der Waals surface area contributed by atoms with Crippen LogP contribution < -0.4 is 4.74 Å². The van der Waals surface area contributed by atoms with E-state index >= 15 is 0 Å². The molecule has 0 aliphatic heterocycles. The van der Waals surface area contributed by atoms with E-state index in [0.717, 1.165) is 0 Å². The third-order valence-corrected chi connectivity index (χ3v) is 2.82. The maximum Gasteiger partial charge on any atom is 0.132 e. The summed E-state index contributed by atoms with van der Waals surface area (Å²) in [5, 5.41) is 26.4. The highest BCUT2D eigenvalue weighted by molar-refractivity contribution is 6.30. The van der Waals surface area contributed by atoms with Crippen molar-refractivity contribution in [1.82, 2.24) is 15.0 Å². The van der Waals surface area contributed by atoms with Crippen LogP contribution in [0.25, 0.3) is 0 Å². The van der Waals surface area contributed by atoms with Crippen molar-refractivity contribution in [1.29, 1.82) is 0 Å². The van der Waals surface area contributed by atoms with Crippen molar-refractivity contribution < 1.29 is 14.9 Å². The van der Waals surface area contributed by atoms with Gasteiger partial charge in [0.25, 0.3) is 0 Å². The van der Waals surface area contributed by atoms with Gasteiger partial charge in [0, 0.05) is 5.02 Å². The van der Waals surface area contributed by atoms with Crippen molar-refractivity contribution >= 4 is 11.6 Å². The van der Waals surface area contributed by atoms with Crippen LogP contribution in [-0.2, 0) is 19.8 Å². The predicted molar refractivity (Wildman–Crippen MR) is 68.8 cm³/mol. The lowest BCUT2D eigenvalue weighted by Gasteiger charge is -2.08. The standard InChI is InChI=1S/C12H14ClN3O3/c13-9-1-3-10(4-2-9)19-8-12-11(7-18)14-15-16(12)5-6-17/h1-4,17-18H,5-8H2. The Kier molecular flexibility index (Phi) is 4.73. The highest BCUT2D eigenvalue weighted by atomic mass is 35.5. The molecule has 1 aromatic heterocycles. The number of aliphatic hydroxyl groups excluding tert-OH is 2.